The van der Waals surface area contributed by atoms with E-state index in [2.05, 4.69) is 0 Å². The molecule has 0 N–H and O–H groups in total. The number of hydrogen-bond acceptors (Lipinski definition) is 3. The molecular formula is C23H28Cl2O3. The average Bonchev–Trinajstić information content (AvgIpc) is 2.72. The van der Waals surface area contributed by atoms with E-state index in [0.29, 0.717) is 23.8 Å². The van der Waals surface area contributed by atoms with Crippen molar-refractivity contribution < 1.29 is 14.3 Å². The van der Waals surface area contributed by atoms with Crippen molar-refractivity contribution >= 4 is 29.5 Å². The Morgan fingerprint density at radius 3 is 2.25 bits per heavy atom. The predicted octanol–water partition coefficient (Wildman–Crippen LogP) is 6.70. The molecule has 2 rings (SSSR count). The summed E-state index contributed by atoms with van der Waals surface area (Å²) in [5.74, 6) is 1.57. The highest BCUT2D eigenvalue weighted by Gasteiger charge is 2.13. The first-order chi connectivity index (χ1) is 13.7. The van der Waals surface area contributed by atoms with Crippen LogP contribution in [0.2, 0.25) is 5.02 Å². The van der Waals surface area contributed by atoms with E-state index in [-0.39, 0.29) is 5.38 Å². The van der Waals surface area contributed by atoms with Gasteiger partial charge in [-0.05, 0) is 62.1 Å². The maximum absolute atomic E-state index is 11.2. The molecular weight excluding hydrogens is 395 g/mol. The lowest BCUT2D eigenvalue weighted by atomic mass is 10.1. The Balaban J connectivity index is 1.49. The van der Waals surface area contributed by atoms with Crippen LogP contribution in [0.3, 0.4) is 0 Å². The SMILES string of the molecule is O=CC(CCC(Cl)CCCCCCOc1ccc(Cl)cc1)Oc1ccccc1. The first kappa shape index (κ1) is 22.6. The van der Waals surface area contributed by atoms with Gasteiger partial charge in [-0.2, -0.15) is 0 Å². The van der Waals surface area contributed by atoms with Crippen LogP contribution in [-0.4, -0.2) is 24.4 Å². The van der Waals surface area contributed by atoms with Gasteiger partial charge in [0, 0.05) is 10.4 Å². The molecule has 0 saturated carbocycles. The Morgan fingerprint density at radius 2 is 1.54 bits per heavy atom. The number of benzene rings is 2. The molecule has 0 aliphatic heterocycles. The molecule has 0 aliphatic carbocycles. The third-order valence-corrected chi connectivity index (χ3v) is 5.13. The molecule has 0 saturated heterocycles. The standard InChI is InChI=1S/C23H28Cl2O3/c24-19(13-16-23(18-26)28-22-9-5-3-6-10-22)8-4-1-2-7-17-27-21-14-11-20(25)12-15-21/h3,5-6,9-12,14-15,18-19,23H,1-2,4,7-8,13,16-17H2. The van der Waals surface area contributed by atoms with Crippen molar-refractivity contribution in [1.82, 2.24) is 0 Å². The molecule has 0 heterocycles. The third kappa shape index (κ3) is 9.48. The van der Waals surface area contributed by atoms with Gasteiger partial charge in [0.05, 0.1) is 6.61 Å². The quantitative estimate of drug-likeness (QED) is 0.193. The van der Waals surface area contributed by atoms with Crippen molar-refractivity contribution in [3.63, 3.8) is 0 Å². The highest BCUT2D eigenvalue weighted by atomic mass is 35.5. The number of carbonyl (C=O) groups is 1. The van der Waals surface area contributed by atoms with E-state index < -0.39 is 6.10 Å². The van der Waals surface area contributed by atoms with Crippen LogP contribution in [0.5, 0.6) is 11.5 Å². The fraction of sp³-hybridized carbons (Fsp3) is 0.435. The van der Waals surface area contributed by atoms with Gasteiger partial charge < -0.3 is 9.47 Å². The van der Waals surface area contributed by atoms with Gasteiger partial charge in [-0.15, -0.1) is 11.6 Å². The van der Waals surface area contributed by atoms with Crippen LogP contribution in [0.4, 0.5) is 0 Å². The maximum Gasteiger partial charge on any atom is 0.160 e. The Bertz CT molecular complexity index is 661. The number of ether oxygens (including phenoxy) is 2. The summed E-state index contributed by atoms with van der Waals surface area (Å²) in [5.41, 5.74) is 0. The van der Waals surface area contributed by atoms with Crippen LogP contribution < -0.4 is 9.47 Å². The zero-order chi connectivity index (χ0) is 20.0. The molecule has 0 radical (unpaired) electrons. The van der Waals surface area contributed by atoms with Crippen LogP contribution in [0.25, 0.3) is 0 Å². The lowest BCUT2D eigenvalue weighted by Gasteiger charge is -2.15. The number of hydrogen-bond donors (Lipinski definition) is 0. The molecule has 5 heteroatoms. The van der Waals surface area contributed by atoms with Crippen LogP contribution >= 0.6 is 23.2 Å². The van der Waals surface area contributed by atoms with Gasteiger partial charge in [-0.3, -0.25) is 4.79 Å². The van der Waals surface area contributed by atoms with E-state index in [9.17, 15) is 4.79 Å². The topological polar surface area (TPSA) is 35.5 Å². The van der Waals surface area contributed by atoms with E-state index in [1.54, 1.807) is 0 Å². The number of rotatable bonds is 14. The number of carbonyl (C=O) groups excluding carboxylic acids is 1. The van der Waals surface area contributed by atoms with Gasteiger partial charge in [0.2, 0.25) is 0 Å². The predicted molar refractivity (Wildman–Crippen MR) is 116 cm³/mol. The van der Waals surface area contributed by atoms with Crippen molar-refractivity contribution in [2.45, 2.75) is 56.4 Å². The maximum atomic E-state index is 11.2. The zero-order valence-corrected chi connectivity index (χ0v) is 17.6. The third-order valence-electron chi connectivity index (χ3n) is 4.44. The van der Waals surface area contributed by atoms with Gasteiger partial charge in [0.1, 0.15) is 11.5 Å². The van der Waals surface area contributed by atoms with Crippen molar-refractivity contribution in [2.24, 2.45) is 0 Å². The van der Waals surface area contributed by atoms with Gasteiger partial charge in [-0.1, -0.05) is 49.1 Å². The van der Waals surface area contributed by atoms with Crippen LogP contribution in [0.1, 0.15) is 44.9 Å². The minimum atomic E-state index is -0.436. The number of aldehydes is 1. The largest absolute Gasteiger partial charge is 0.494 e. The molecule has 0 aliphatic rings. The van der Waals surface area contributed by atoms with Crippen LogP contribution in [0.15, 0.2) is 54.6 Å². The summed E-state index contributed by atoms with van der Waals surface area (Å²) in [6, 6.07) is 16.8. The van der Waals surface area contributed by atoms with Gasteiger partial charge in [0.15, 0.2) is 12.4 Å². The van der Waals surface area contributed by atoms with Crippen molar-refractivity contribution in [3.05, 3.63) is 59.6 Å². The molecule has 0 spiro atoms. The summed E-state index contributed by atoms with van der Waals surface area (Å²) in [6.45, 7) is 0.712. The van der Waals surface area contributed by atoms with Gasteiger partial charge in [0.25, 0.3) is 0 Å². The Kier molecular flexibility index (Phi) is 10.9. The monoisotopic (exact) mass is 422 g/mol. The molecule has 2 aromatic rings. The van der Waals surface area contributed by atoms with Gasteiger partial charge in [-0.25, -0.2) is 0 Å². The first-order valence-electron chi connectivity index (χ1n) is 9.87. The minimum absolute atomic E-state index is 0.0761. The van der Waals surface area contributed by atoms with Crippen molar-refractivity contribution in [1.29, 1.82) is 0 Å². The average molecular weight is 423 g/mol. The van der Waals surface area contributed by atoms with E-state index in [1.165, 1.54) is 0 Å². The van der Waals surface area contributed by atoms with Crippen molar-refractivity contribution in [2.75, 3.05) is 6.61 Å². The summed E-state index contributed by atoms with van der Waals surface area (Å²) in [5, 5.41) is 0.793. The molecule has 28 heavy (non-hydrogen) atoms. The second kappa shape index (κ2) is 13.5. The van der Waals surface area contributed by atoms with E-state index >= 15 is 0 Å². The second-order valence-electron chi connectivity index (χ2n) is 6.79. The summed E-state index contributed by atoms with van der Waals surface area (Å²) in [4.78, 5) is 11.2. The highest BCUT2D eigenvalue weighted by Crippen LogP contribution is 2.19. The van der Waals surface area contributed by atoms with Crippen LogP contribution in [0, 0.1) is 0 Å². The fourth-order valence-electron chi connectivity index (χ4n) is 2.86. The summed E-state index contributed by atoms with van der Waals surface area (Å²) < 4.78 is 11.4. The fourth-order valence-corrected chi connectivity index (χ4v) is 3.27. The molecule has 3 nitrogen and oxygen atoms in total. The Morgan fingerprint density at radius 1 is 0.821 bits per heavy atom. The van der Waals surface area contributed by atoms with E-state index in [4.69, 9.17) is 32.7 Å². The Hall–Kier alpha value is -1.71. The molecule has 2 unspecified atom stereocenters. The minimum Gasteiger partial charge on any atom is -0.494 e. The highest BCUT2D eigenvalue weighted by molar-refractivity contribution is 6.30. The lowest BCUT2D eigenvalue weighted by molar-refractivity contribution is -0.114. The molecule has 2 aromatic carbocycles. The molecule has 2 atom stereocenters. The first-order valence-corrected chi connectivity index (χ1v) is 10.7. The molecule has 0 amide bonds. The smallest absolute Gasteiger partial charge is 0.160 e. The summed E-state index contributed by atoms with van der Waals surface area (Å²) in [7, 11) is 0. The van der Waals surface area contributed by atoms with Gasteiger partial charge >= 0.3 is 0 Å². The Labute approximate surface area is 177 Å². The number of para-hydroxylation sites is 1. The number of unbranched alkanes of at least 4 members (excludes halogenated alkanes) is 3. The normalized spacial score (nSPS) is 12.9. The lowest BCUT2D eigenvalue weighted by Crippen LogP contribution is -2.19. The molecule has 0 fully saturated rings. The number of halogens is 2. The van der Waals surface area contributed by atoms with Crippen LogP contribution in [-0.2, 0) is 4.79 Å². The second-order valence-corrected chi connectivity index (χ2v) is 7.84. The van der Waals surface area contributed by atoms with Crippen molar-refractivity contribution in [3.8, 4) is 11.5 Å². The van der Waals surface area contributed by atoms with E-state index in [0.717, 1.165) is 50.6 Å². The molecule has 152 valence electrons. The summed E-state index contributed by atoms with van der Waals surface area (Å²) in [6.07, 6.45) is 7.14. The molecule has 0 aromatic heterocycles. The summed E-state index contributed by atoms with van der Waals surface area (Å²) >= 11 is 12.3. The zero-order valence-electron chi connectivity index (χ0n) is 16.1. The van der Waals surface area contributed by atoms with E-state index in [1.807, 2.05) is 54.6 Å². The number of alkyl halides is 1. The molecule has 0 bridgehead atoms.